The summed E-state index contributed by atoms with van der Waals surface area (Å²) in [6, 6.07) is 0.600. The van der Waals surface area contributed by atoms with E-state index in [9.17, 15) is 0 Å². The maximum absolute atomic E-state index is 5.62. The molecule has 0 atom stereocenters. The lowest BCUT2D eigenvalue weighted by molar-refractivity contribution is 0.208. The van der Waals surface area contributed by atoms with E-state index in [2.05, 4.69) is 45.9 Å². The Balaban J connectivity index is 2.63. The maximum atomic E-state index is 5.62. The van der Waals surface area contributed by atoms with Gasteiger partial charge >= 0.3 is 12.0 Å². The smallest absolute Gasteiger partial charge is 0.324 e. The molecule has 0 amide bonds. The minimum absolute atomic E-state index is 0.295. The second-order valence-electron chi connectivity index (χ2n) is 4.46. The van der Waals surface area contributed by atoms with Crippen LogP contribution in [0, 0.1) is 0 Å². The summed E-state index contributed by atoms with van der Waals surface area (Å²) < 4.78 is 11.0. The first-order chi connectivity index (χ1) is 10.2. The highest BCUT2D eigenvalue weighted by Crippen LogP contribution is 2.13. The second kappa shape index (κ2) is 10.1. The number of hydrogen-bond acceptors (Lipinski definition) is 7. The zero-order chi connectivity index (χ0) is 15.5. The summed E-state index contributed by atoms with van der Waals surface area (Å²) in [5, 5.41) is 3.12. The summed E-state index contributed by atoms with van der Waals surface area (Å²) >= 11 is 0. The van der Waals surface area contributed by atoms with Gasteiger partial charge in [-0.05, 0) is 26.4 Å². The van der Waals surface area contributed by atoms with Crippen LogP contribution in [0.15, 0.2) is 0 Å². The number of anilines is 1. The number of hydrogen-bond donors (Lipinski definition) is 1. The molecule has 0 aliphatic heterocycles. The molecule has 7 nitrogen and oxygen atoms in total. The zero-order valence-corrected chi connectivity index (χ0v) is 13.6. The van der Waals surface area contributed by atoms with Crippen LogP contribution in [0.3, 0.4) is 0 Å². The van der Waals surface area contributed by atoms with Crippen molar-refractivity contribution in [1.29, 1.82) is 0 Å². The Bertz CT molecular complexity index is 399. The second-order valence-corrected chi connectivity index (χ2v) is 4.46. The summed E-state index contributed by atoms with van der Waals surface area (Å²) in [6.07, 6.45) is 0.994. The van der Waals surface area contributed by atoms with Gasteiger partial charge in [0.1, 0.15) is 6.61 Å². The van der Waals surface area contributed by atoms with Crippen LogP contribution < -0.4 is 14.8 Å². The lowest BCUT2D eigenvalue weighted by atomic mass is 10.5. The van der Waals surface area contributed by atoms with E-state index in [0.29, 0.717) is 31.2 Å². The Morgan fingerprint density at radius 2 is 1.62 bits per heavy atom. The van der Waals surface area contributed by atoms with Crippen molar-refractivity contribution in [3.05, 3.63) is 0 Å². The van der Waals surface area contributed by atoms with Crippen LogP contribution in [0.1, 0.15) is 34.1 Å². The number of nitrogens with one attached hydrogen (secondary N) is 1. The molecule has 0 aliphatic carbocycles. The van der Waals surface area contributed by atoms with Gasteiger partial charge in [-0.15, -0.1) is 4.98 Å². The molecule has 0 saturated heterocycles. The summed E-state index contributed by atoms with van der Waals surface area (Å²) in [5.41, 5.74) is 0. The maximum Gasteiger partial charge on any atom is 0.324 e. The van der Waals surface area contributed by atoms with Crippen LogP contribution in [0.2, 0.25) is 0 Å². The van der Waals surface area contributed by atoms with Crippen LogP contribution in [0.25, 0.3) is 0 Å². The summed E-state index contributed by atoms with van der Waals surface area (Å²) in [5.74, 6) is 0.494. The summed E-state index contributed by atoms with van der Waals surface area (Å²) in [7, 11) is 0. The lowest BCUT2D eigenvalue weighted by Crippen LogP contribution is -2.28. The van der Waals surface area contributed by atoms with Gasteiger partial charge in [-0.1, -0.05) is 20.8 Å². The Kier molecular flexibility index (Phi) is 8.42. The highest BCUT2D eigenvalue weighted by atomic mass is 16.5. The standard InChI is InChI=1S/C14H27N5O2/c1-5-9-15-12-16-13(20-8-4)18-14(17-12)21-11-10-19(6-2)7-3/h5-11H2,1-4H3,(H,15,16,17,18). The molecule has 21 heavy (non-hydrogen) atoms. The van der Waals surface area contributed by atoms with E-state index < -0.39 is 0 Å². The van der Waals surface area contributed by atoms with Crippen LogP contribution >= 0.6 is 0 Å². The normalized spacial score (nSPS) is 10.7. The van der Waals surface area contributed by atoms with Gasteiger partial charge in [0.15, 0.2) is 0 Å². The average molecular weight is 297 g/mol. The largest absolute Gasteiger partial charge is 0.464 e. The van der Waals surface area contributed by atoms with E-state index >= 15 is 0 Å². The SMILES string of the molecule is CCCNc1nc(OCC)nc(OCCN(CC)CC)n1. The van der Waals surface area contributed by atoms with E-state index in [1.165, 1.54) is 0 Å². The third-order valence-electron chi connectivity index (χ3n) is 2.93. The van der Waals surface area contributed by atoms with Gasteiger partial charge in [-0.25, -0.2) is 0 Å². The minimum atomic E-state index is 0.295. The molecule has 0 saturated carbocycles. The van der Waals surface area contributed by atoms with Gasteiger partial charge in [0.25, 0.3) is 0 Å². The molecule has 1 aromatic heterocycles. The van der Waals surface area contributed by atoms with Crippen LogP contribution in [0.4, 0.5) is 5.95 Å². The van der Waals surface area contributed by atoms with Crippen LogP contribution in [-0.4, -0.2) is 59.2 Å². The van der Waals surface area contributed by atoms with Gasteiger partial charge in [0.2, 0.25) is 5.95 Å². The van der Waals surface area contributed by atoms with Gasteiger partial charge in [-0.3, -0.25) is 0 Å². The van der Waals surface area contributed by atoms with Crippen molar-refractivity contribution in [3.63, 3.8) is 0 Å². The molecular weight excluding hydrogens is 270 g/mol. The van der Waals surface area contributed by atoms with Crippen molar-refractivity contribution in [3.8, 4) is 12.0 Å². The molecule has 0 spiro atoms. The van der Waals surface area contributed by atoms with E-state index in [1.54, 1.807) is 0 Å². The first-order valence-corrected chi connectivity index (χ1v) is 7.71. The molecule has 7 heteroatoms. The quantitative estimate of drug-likeness (QED) is 0.668. The predicted octanol–water partition coefficient (Wildman–Crippen LogP) is 1.81. The predicted molar refractivity (Wildman–Crippen MR) is 83.1 cm³/mol. The van der Waals surface area contributed by atoms with Crippen LogP contribution in [-0.2, 0) is 0 Å². The van der Waals surface area contributed by atoms with Crippen molar-refractivity contribution in [2.75, 3.05) is 44.7 Å². The molecular formula is C14H27N5O2. The van der Waals surface area contributed by atoms with E-state index in [-0.39, 0.29) is 0 Å². The van der Waals surface area contributed by atoms with Crippen molar-refractivity contribution < 1.29 is 9.47 Å². The Morgan fingerprint density at radius 3 is 2.19 bits per heavy atom. The van der Waals surface area contributed by atoms with Crippen molar-refractivity contribution in [1.82, 2.24) is 19.9 Å². The molecule has 0 unspecified atom stereocenters. The first-order valence-electron chi connectivity index (χ1n) is 7.71. The monoisotopic (exact) mass is 297 g/mol. The van der Waals surface area contributed by atoms with Gasteiger partial charge in [0.05, 0.1) is 6.61 Å². The van der Waals surface area contributed by atoms with Crippen LogP contribution in [0.5, 0.6) is 12.0 Å². The summed E-state index contributed by atoms with van der Waals surface area (Å²) in [4.78, 5) is 14.9. The average Bonchev–Trinajstić information content (AvgIpc) is 2.50. The fourth-order valence-corrected chi connectivity index (χ4v) is 1.72. The Labute approximate surface area is 127 Å². The molecule has 1 heterocycles. The first kappa shape index (κ1) is 17.4. The van der Waals surface area contributed by atoms with Gasteiger partial charge in [-0.2, -0.15) is 9.97 Å². The third-order valence-corrected chi connectivity index (χ3v) is 2.93. The molecule has 0 fully saturated rings. The van der Waals surface area contributed by atoms with E-state index in [1.807, 2.05) is 6.92 Å². The molecule has 0 aromatic carbocycles. The fraction of sp³-hybridized carbons (Fsp3) is 0.786. The van der Waals surface area contributed by atoms with Gasteiger partial charge in [0, 0.05) is 13.1 Å². The number of ether oxygens (including phenoxy) is 2. The minimum Gasteiger partial charge on any atom is -0.464 e. The van der Waals surface area contributed by atoms with Crippen molar-refractivity contribution >= 4 is 5.95 Å². The summed E-state index contributed by atoms with van der Waals surface area (Å²) in [6.45, 7) is 13.0. The molecule has 1 aromatic rings. The highest BCUT2D eigenvalue weighted by molar-refractivity contribution is 5.27. The topological polar surface area (TPSA) is 72.4 Å². The molecule has 120 valence electrons. The number of rotatable bonds is 11. The van der Waals surface area contributed by atoms with E-state index in [4.69, 9.17) is 9.47 Å². The Hall–Kier alpha value is -1.63. The Morgan fingerprint density at radius 1 is 0.952 bits per heavy atom. The van der Waals surface area contributed by atoms with Crippen molar-refractivity contribution in [2.24, 2.45) is 0 Å². The fourth-order valence-electron chi connectivity index (χ4n) is 1.72. The number of likely N-dealkylation sites (N-methyl/N-ethyl adjacent to an activating group) is 1. The molecule has 1 N–H and O–H groups in total. The molecule has 1 rings (SSSR count). The molecule has 0 aliphatic rings. The van der Waals surface area contributed by atoms with Gasteiger partial charge < -0.3 is 19.7 Å². The van der Waals surface area contributed by atoms with Crippen molar-refractivity contribution in [2.45, 2.75) is 34.1 Å². The lowest BCUT2D eigenvalue weighted by Gasteiger charge is -2.17. The highest BCUT2D eigenvalue weighted by Gasteiger charge is 2.08. The zero-order valence-electron chi connectivity index (χ0n) is 13.6. The number of aromatic nitrogens is 3. The number of nitrogens with zero attached hydrogens (tertiary/aromatic N) is 4. The molecule has 0 radical (unpaired) electrons. The van der Waals surface area contributed by atoms with E-state index in [0.717, 1.165) is 32.6 Å². The third kappa shape index (κ3) is 6.57. The molecule has 0 bridgehead atoms.